The minimum atomic E-state index is -1.02. The molecule has 0 saturated heterocycles. The van der Waals surface area contributed by atoms with E-state index < -0.39 is 5.97 Å². The van der Waals surface area contributed by atoms with Gasteiger partial charge in [-0.1, -0.05) is 152 Å². The maximum atomic E-state index is 12.7. The van der Waals surface area contributed by atoms with E-state index >= 15 is 0 Å². The Labute approximate surface area is 289 Å². The molecule has 1 unspecified atom stereocenters. The van der Waals surface area contributed by atoms with E-state index in [-0.39, 0.29) is 24.5 Å². The maximum Gasteiger partial charge on any atom is 0.322 e. The van der Waals surface area contributed by atoms with Gasteiger partial charge in [-0.3, -0.25) is 14.4 Å². The summed E-state index contributed by atoms with van der Waals surface area (Å²) in [4.78, 5) is 34.9. The number of nitrogens with one attached hydrogen (secondary N) is 1. The van der Waals surface area contributed by atoms with Crippen LogP contribution in [0, 0.1) is 0 Å². The Bertz CT molecular complexity index is 860. The van der Waals surface area contributed by atoms with Gasteiger partial charge in [0.1, 0.15) is 12.6 Å². The molecule has 2 N–H and O–H groups in total. The minimum absolute atomic E-state index is 0.0475. The highest BCUT2D eigenvalue weighted by Crippen LogP contribution is 2.17. The van der Waals surface area contributed by atoms with Gasteiger partial charge in [0, 0.05) is 12.8 Å². The van der Waals surface area contributed by atoms with Crippen molar-refractivity contribution >= 4 is 17.8 Å². The molecule has 0 saturated carbocycles. The van der Waals surface area contributed by atoms with Gasteiger partial charge in [-0.2, -0.15) is 0 Å². The van der Waals surface area contributed by atoms with Crippen molar-refractivity contribution in [1.82, 2.24) is 5.32 Å². The molecule has 1 atom stereocenters. The second kappa shape index (κ2) is 36.2. The van der Waals surface area contributed by atoms with Crippen LogP contribution in [0.3, 0.4) is 0 Å². The molecule has 0 aromatic rings. The summed E-state index contributed by atoms with van der Waals surface area (Å²) in [6, 6.07) is 0. The Balaban J connectivity index is 4.32. The van der Waals surface area contributed by atoms with Crippen molar-refractivity contribution in [3.63, 3.8) is 0 Å². The van der Waals surface area contributed by atoms with Gasteiger partial charge in [0.25, 0.3) is 0 Å². The molecule has 0 fully saturated rings. The zero-order valence-electron chi connectivity index (χ0n) is 30.4. The predicted octanol–water partition coefficient (Wildman–Crippen LogP) is 11.5. The van der Waals surface area contributed by atoms with E-state index in [0.29, 0.717) is 12.8 Å². The van der Waals surface area contributed by atoms with Crippen LogP contribution in [0.2, 0.25) is 0 Å². The fourth-order valence-corrected chi connectivity index (χ4v) is 5.45. The van der Waals surface area contributed by atoms with E-state index in [4.69, 9.17) is 9.84 Å². The summed E-state index contributed by atoms with van der Waals surface area (Å²) in [6.07, 6.45) is 45.1. The summed E-state index contributed by atoms with van der Waals surface area (Å²) in [5.74, 6) is -1.28. The first-order valence-corrected chi connectivity index (χ1v) is 19.3. The summed E-state index contributed by atoms with van der Waals surface area (Å²) in [5, 5.41) is 11.1. The van der Waals surface area contributed by atoms with Crippen LogP contribution in [0.15, 0.2) is 48.6 Å². The number of carboxylic acid groups (broad SMARTS) is 1. The molecule has 0 radical (unpaired) electrons. The molecule has 0 aliphatic carbocycles. The summed E-state index contributed by atoms with van der Waals surface area (Å²) in [7, 11) is 0. The van der Waals surface area contributed by atoms with E-state index in [1.165, 1.54) is 64.2 Å². The van der Waals surface area contributed by atoms with Crippen molar-refractivity contribution in [2.24, 2.45) is 0 Å². The predicted molar refractivity (Wildman–Crippen MR) is 198 cm³/mol. The lowest BCUT2D eigenvalue weighted by molar-refractivity contribution is -0.150. The molecule has 0 heterocycles. The van der Waals surface area contributed by atoms with Crippen molar-refractivity contribution < 1.29 is 24.2 Å². The molecule has 47 heavy (non-hydrogen) atoms. The third kappa shape index (κ3) is 36.1. The number of esters is 1. The molecular formula is C41H71NO5. The van der Waals surface area contributed by atoms with Crippen LogP contribution in [0.4, 0.5) is 0 Å². The van der Waals surface area contributed by atoms with Gasteiger partial charge < -0.3 is 15.2 Å². The monoisotopic (exact) mass is 658 g/mol. The van der Waals surface area contributed by atoms with E-state index in [9.17, 15) is 14.4 Å². The Morgan fingerprint density at radius 1 is 0.574 bits per heavy atom. The molecule has 0 aliphatic heterocycles. The lowest BCUT2D eigenvalue weighted by Crippen LogP contribution is -2.28. The number of ether oxygens (including phenoxy) is 1. The molecule has 6 heteroatoms. The van der Waals surface area contributed by atoms with Crippen LogP contribution in [0.25, 0.3) is 0 Å². The van der Waals surface area contributed by atoms with Gasteiger partial charge in [-0.25, -0.2) is 0 Å². The van der Waals surface area contributed by atoms with Crippen molar-refractivity contribution in [1.29, 1.82) is 0 Å². The molecule has 0 rings (SSSR count). The van der Waals surface area contributed by atoms with E-state index in [1.807, 2.05) is 0 Å². The summed E-state index contributed by atoms with van der Waals surface area (Å²) in [6.45, 7) is 4.09. The van der Waals surface area contributed by atoms with Crippen LogP contribution >= 0.6 is 0 Å². The first-order chi connectivity index (χ1) is 23.0. The topological polar surface area (TPSA) is 92.7 Å². The highest BCUT2D eigenvalue weighted by atomic mass is 16.5. The van der Waals surface area contributed by atoms with Crippen molar-refractivity contribution in [2.75, 3.05) is 6.54 Å². The number of unbranched alkanes of at least 4 members (excludes halogenated alkanes) is 15. The molecule has 0 aliphatic rings. The number of rotatable bonds is 34. The average molecular weight is 658 g/mol. The highest BCUT2D eigenvalue weighted by Gasteiger charge is 2.14. The van der Waals surface area contributed by atoms with Gasteiger partial charge >= 0.3 is 11.9 Å². The fourth-order valence-electron chi connectivity index (χ4n) is 5.45. The number of carbonyl (C=O) groups excluding carboxylic acids is 2. The van der Waals surface area contributed by atoms with Crippen LogP contribution in [-0.4, -0.2) is 35.6 Å². The summed E-state index contributed by atoms with van der Waals surface area (Å²) >= 11 is 0. The molecular weight excluding hydrogens is 586 g/mol. The van der Waals surface area contributed by atoms with Crippen LogP contribution in [0.1, 0.15) is 181 Å². The molecule has 0 bridgehead atoms. The number of carboxylic acids is 1. The van der Waals surface area contributed by atoms with E-state index in [1.54, 1.807) is 0 Å². The lowest BCUT2D eigenvalue weighted by Gasteiger charge is -2.17. The van der Waals surface area contributed by atoms with Crippen molar-refractivity contribution in [2.45, 2.75) is 187 Å². The highest BCUT2D eigenvalue weighted by molar-refractivity contribution is 5.80. The van der Waals surface area contributed by atoms with Gasteiger partial charge in [0.05, 0.1) is 0 Å². The SMILES string of the molecule is CC/C=C\C/C=C\C/C=C\C/C=C\CCC(CCCCCCCC(=O)NCC(=O)O)OC(=O)CCCCCCCCCCCCCC. The molecule has 270 valence electrons. The number of hydrogen-bond acceptors (Lipinski definition) is 4. The van der Waals surface area contributed by atoms with Gasteiger partial charge in [-0.05, 0) is 64.2 Å². The van der Waals surface area contributed by atoms with Gasteiger partial charge in [0.15, 0.2) is 0 Å². The largest absolute Gasteiger partial charge is 0.480 e. The Kier molecular flexibility index (Phi) is 34.2. The molecule has 1 amide bonds. The number of carbonyl (C=O) groups is 3. The number of amides is 1. The Morgan fingerprint density at radius 3 is 1.57 bits per heavy atom. The lowest BCUT2D eigenvalue weighted by atomic mass is 10.0. The molecule has 0 aromatic heterocycles. The van der Waals surface area contributed by atoms with Gasteiger partial charge in [0.2, 0.25) is 5.91 Å². The molecule has 0 spiro atoms. The zero-order chi connectivity index (χ0) is 34.5. The zero-order valence-corrected chi connectivity index (χ0v) is 30.4. The van der Waals surface area contributed by atoms with Crippen molar-refractivity contribution in [3.8, 4) is 0 Å². The third-order valence-electron chi connectivity index (χ3n) is 8.27. The number of hydrogen-bond donors (Lipinski definition) is 2. The number of allylic oxidation sites excluding steroid dienone is 8. The smallest absolute Gasteiger partial charge is 0.322 e. The third-order valence-corrected chi connectivity index (χ3v) is 8.27. The van der Waals surface area contributed by atoms with Crippen LogP contribution in [0.5, 0.6) is 0 Å². The van der Waals surface area contributed by atoms with E-state index in [0.717, 1.165) is 89.9 Å². The standard InChI is InChI=1S/C41H71NO5/c1-3-5-7-9-11-13-15-17-18-20-22-25-29-33-38(34-30-26-24-27-31-35-39(43)42-37-40(44)45)47-41(46)36-32-28-23-21-19-16-14-12-10-8-6-4-2/h5,7,11,13,17-18,22,25,38H,3-4,6,8-10,12,14-16,19-21,23-24,26-37H2,1-2H3,(H,42,43)(H,44,45)/b7-5-,13-11-,18-17-,25-22-. The maximum absolute atomic E-state index is 12.7. The molecule has 0 aromatic carbocycles. The first-order valence-electron chi connectivity index (χ1n) is 19.3. The Morgan fingerprint density at radius 2 is 1.04 bits per heavy atom. The molecule has 6 nitrogen and oxygen atoms in total. The van der Waals surface area contributed by atoms with Crippen LogP contribution < -0.4 is 5.32 Å². The van der Waals surface area contributed by atoms with E-state index in [2.05, 4.69) is 67.8 Å². The van der Waals surface area contributed by atoms with Crippen LogP contribution in [-0.2, 0) is 19.1 Å². The summed E-state index contributed by atoms with van der Waals surface area (Å²) in [5.41, 5.74) is 0. The number of aliphatic carboxylic acids is 1. The average Bonchev–Trinajstić information content (AvgIpc) is 3.05. The van der Waals surface area contributed by atoms with Crippen molar-refractivity contribution in [3.05, 3.63) is 48.6 Å². The summed E-state index contributed by atoms with van der Waals surface area (Å²) < 4.78 is 5.96. The second-order valence-corrected chi connectivity index (χ2v) is 12.8. The normalized spacial score (nSPS) is 12.6. The quantitative estimate of drug-likeness (QED) is 0.0408. The Hall–Kier alpha value is -2.63. The minimum Gasteiger partial charge on any atom is -0.480 e. The fraction of sp³-hybridized carbons (Fsp3) is 0.732. The van der Waals surface area contributed by atoms with Gasteiger partial charge in [-0.15, -0.1) is 0 Å². The first kappa shape index (κ1) is 44.4. The second-order valence-electron chi connectivity index (χ2n) is 12.8.